The smallest absolute Gasteiger partial charge is 0.307 e. The van der Waals surface area contributed by atoms with Crippen LogP contribution in [0.15, 0.2) is 6.07 Å². The zero-order valence-electron chi connectivity index (χ0n) is 20.0. The molecule has 0 fully saturated rings. The molecule has 31 heavy (non-hydrogen) atoms. The lowest BCUT2D eigenvalue weighted by Crippen LogP contribution is -2.47. The molecule has 0 aliphatic heterocycles. The van der Waals surface area contributed by atoms with Gasteiger partial charge < -0.3 is 5.32 Å². The third kappa shape index (κ3) is 5.80. The van der Waals surface area contributed by atoms with Gasteiger partial charge in [0.15, 0.2) is 0 Å². The second kappa shape index (κ2) is 9.10. The van der Waals surface area contributed by atoms with Gasteiger partial charge in [-0.2, -0.15) is 0 Å². The predicted molar refractivity (Wildman–Crippen MR) is 127 cm³/mol. The van der Waals surface area contributed by atoms with Crippen molar-refractivity contribution in [2.24, 2.45) is 5.41 Å². The molecular weight excluding hydrogens is 410 g/mol. The number of amides is 2. The summed E-state index contributed by atoms with van der Waals surface area (Å²) in [6.07, 6.45) is 6.13. The van der Waals surface area contributed by atoms with Gasteiger partial charge in [-0.3, -0.25) is 4.90 Å². The summed E-state index contributed by atoms with van der Waals surface area (Å²) >= 11 is 0. The average Bonchev–Trinajstić information content (AvgIpc) is 3.26. The Morgan fingerprint density at radius 3 is 2.00 bits per heavy atom. The van der Waals surface area contributed by atoms with Crippen LogP contribution in [-0.2, 0) is 35.7 Å². The fourth-order valence-corrected chi connectivity index (χ4v) is 6.83. The molecule has 2 N–H and O–H groups in total. The molecule has 174 valence electrons. The maximum Gasteiger partial charge on any atom is 0.332 e. The number of benzene rings is 1. The summed E-state index contributed by atoms with van der Waals surface area (Å²) in [6.45, 7) is 13.0. The molecule has 0 spiro atoms. The van der Waals surface area contributed by atoms with Crippen molar-refractivity contribution >= 4 is 21.7 Å². The molecule has 3 rings (SSSR count). The standard InChI is InChI=1S/C24H39N3O3S/c1-16(2)27(17(3)4)14-24(5,6)15-31(29,30)26-23(28)25-22-20-11-7-9-18(20)13-19-10-8-12-21(19)22/h13,16-17H,7-12,14-15H2,1-6H3,(H2,25,26,28). The minimum atomic E-state index is -3.77. The highest BCUT2D eigenvalue weighted by Gasteiger charge is 2.32. The van der Waals surface area contributed by atoms with Crippen LogP contribution in [0.25, 0.3) is 0 Å². The Morgan fingerprint density at radius 2 is 1.52 bits per heavy atom. The van der Waals surface area contributed by atoms with Gasteiger partial charge in [0.05, 0.1) is 5.75 Å². The summed E-state index contributed by atoms with van der Waals surface area (Å²) in [6, 6.07) is 2.29. The van der Waals surface area contributed by atoms with E-state index in [1.54, 1.807) is 0 Å². The van der Waals surface area contributed by atoms with Crippen LogP contribution in [0.3, 0.4) is 0 Å². The second-order valence-corrected chi connectivity index (χ2v) is 12.3. The van der Waals surface area contributed by atoms with E-state index in [1.807, 2.05) is 13.8 Å². The Morgan fingerprint density at radius 1 is 1.00 bits per heavy atom. The van der Waals surface area contributed by atoms with E-state index in [0.29, 0.717) is 18.6 Å². The largest absolute Gasteiger partial charge is 0.332 e. The van der Waals surface area contributed by atoms with E-state index in [1.165, 1.54) is 22.3 Å². The fourth-order valence-electron chi connectivity index (χ4n) is 5.30. The van der Waals surface area contributed by atoms with Crippen molar-refractivity contribution in [2.45, 2.75) is 92.2 Å². The van der Waals surface area contributed by atoms with Crippen molar-refractivity contribution in [1.29, 1.82) is 0 Å². The maximum atomic E-state index is 12.8. The Bertz CT molecular complexity index is 896. The number of rotatable bonds is 8. The number of anilines is 1. The van der Waals surface area contributed by atoms with Gasteiger partial charge in [-0.25, -0.2) is 17.9 Å². The van der Waals surface area contributed by atoms with E-state index in [9.17, 15) is 13.2 Å². The van der Waals surface area contributed by atoms with E-state index in [2.05, 4.69) is 48.7 Å². The van der Waals surface area contributed by atoms with Gasteiger partial charge in [0.2, 0.25) is 10.0 Å². The molecule has 0 atom stereocenters. The van der Waals surface area contributed by atoms with Crippen molar-refractivity contribution < 1.29 is 13.2 Å². The summed E-state index contributed by atoms with van der Waals surface area (Å²) in [4.78, 5) is 15.0. The van der Waals surface area contributed by atoms with Gasteiger partial charge in [-0.1, -0.05) is 19.9 Å². The van der Waals surface area contributed by atoms with Gasteiger partial charge in [0, 0.05) is 24.3 Å². The number of carbonyl (C=O) groups is 1. The molecule has 1 aromatic carbocycles. The Labute approximate surface area is 188 Å². The maximum absolute atomic E-state index is 12.8. The summed E-state index contributed by atoms with van der Waals surface area (Å²) in [7, 11) is -3.77. The van der Waals surface area contributed by atoms with Crippen LogP contribution in [0.2, 0.25) is 0 Å². The Kier molecular flexibility index (Phi) is 7.06. The highest BCUT2D eigenvalue weighted by Crippen LogP contribution is 2.38. The molecule has 2 amide bonds. The first-order valence-electron chi connectivity index (χ1n) is 11.6. The van der Waals surface area contributed by atoms with Crippen LogP contribution in [0.1, 0.15) is 76.6 Å². The van der Waals surface area contributed by atoms with E-state index < -0.39 is 21.5 Å². The van der Waals surface area contributed by atoms with Gasteiger partial charge in [-0.15, -0.1) is 0 Å². The first-order valence-corrected chi connectivity index (χ1v) is 13.3. The molecule has 0 bridgehead atoms. The van der Waals surface area contributed by atoms with Crippen LogP contribution < -0.4 is 10.0 Å². The van der Waals surface area contributed by atoms with Crippen LogP contribution in [0.5, 0.6) is 0 Å². The number of nitrogens with one attached hydrogen (secondary N) is 2. The van der Waals surface area contributed by atoms with Gasteiger partial charge >= 0.3 is 6.03 Å². The lowest BCUT2D eigenvalue weighted by molar-refractivity contribution is 0.121. The van der Waals surface area contributed by atoms with Crippen LogP contribution in [0, 0.1) is 5.41 Å². The zero-order valence-corrected chi connectivity index (χ0v) is 20.8. The molecule has 2 aliphatic carbocycles. The molecule has 0 radical (unpaired) electrons. The molecule has 7 heteroatoms. The number of carbonyl (C=O) groups excluding carboxylic acids is 1. The van der Waals surface area contributed by atoms with Gasteiger partial charge in [0.1, 0.15) is 0 Å². The van der Waals surface area contributed by atoms with Gasteiger partial charge in [-0.05, 0) is 93.9 Å². The van der Waals surface area contributed by atoms with Crippen LogP contribution >= 0.6 is 0 Å². The van der Waals surface area contributed by atoms with Gasteiger partial charge in [0.25, 0.3) is 0 Å². The fraction of sp³-hybridized carbons (Fsp3) is 0.708. The third-order valence-electron chi connectivity index (χ3n) is 6.48. The first kappa shape index (κ1) is 24.1. The van der Waals surface area contributed by atoms with E-state index in [0.717, 1.165) is 44.2 Å². The summed E-state index contributed by atoms with van der Waals surface area (Å²) < 4.78 is 28.0. The van der Waals surface area contributed by atoms with E-state index >= 15 is 0 Å². The first-order chi connectivity index (χ1) is 14.4. The normalized spacial score (nSPS) is 16.2. The second-order valence-electron chi connectivity index (χ2n) is 10.6. The number of hydrogen-bond acceptors (Lipinski definition) is 4. The Hall–Kier alpha value is -1.60. The number of hydrogen-bond donors (Lipinski definition) is 2. The van der Waals surface area contributed by atoms with E-state index in [-0.39, 0.29) is 5.75 Å². The van der Waals surface area contributed by atoms with Crippen LogP contribution in [-0.4, -0.2) is 43.7 Å². The topological polar surface area (TPSA) is 78.5 Å². The third-order valence-corrected chi connectivity index (χ3v) is 8.14. The molecule has 2 aliphatic rings. The molecule has 0 heterocycles. The number of sulfonamides is 1. The summed E-state index contributed by atoms with van der Waals surface area (Å²) in [5, 5.41) is 2.92. The molecule has 0 unspecified atom stereocenters. The van der Waals surface area contributed by atoms with E-state index in [4.69, 9.17) is 0 Å². The van der Waals surface area contributed by atoms with Crippen molar-refractivity contribution in [2.75, 3.05) is 17.6 Å². The quantitative estimate of drug-likeness (QED) is 0.622. The molecule has 0 saturated carbocycles. The lowest BCUT2D eigenvalue weighted by atomic mass is 9.94. The average molecular weight is 450 g/mol. The minimum absolute atomic E-state index is 0.103. The number of fused-ring (bicyclic) bond motifs is 2. The molecule has 6 nitrogen and oxygen atoms in total. The zero-order chi connectivity index (χ0) is 23.0. The van der Waals surface area contributed by atoms with Crippen LogP contribution in [0.4, 0.5) is 10.5 Å². The number of urea groups is 1. The summed E-state index contributed by atoms with van der Waals surface area (Å²) in [5.41, 5.74) is 5.37. The molecule has 0 aromatic heterocycles. The molecule has 0 saturated heterocycles. The number of aryl methyl sites for hydroxylation is 2. The van der Waals surface area contributed by atoms with Crippen molar-refractivity contribution in [1.82, 2.24) is 9.62 Å². The number of nitrogens with zero attached hydrogens (tertiary/aromatic N) is 1. The monoisotopic (exact) mass is 449 g/mol. The summed E-state index contributed by atoms with van der Waals surface area (Å²) in [5.74, 6) is -0.103. The SMILES string of the molecule is CC(C)N(CC(C)(C)CS(=O)(=O)NC(=O)Nc1c2c(cc3c1CCC3)CCC2)C(C)C. The lowest BCUT2D eigenvalue weighted by Gasteiger charge is -2.37. The van der Waals surface area contributed by atoms with Crippen molar-refractivity contribution in [3.8, 4) is 0 Å². The predicted octanol–water partition coefficient (Wildman–Crippen LogP) is 4.26. The highest BCUT2D eigenvalue weighted by molar-refractivity contribution is 7.90. The van der Waals surface area contributed by atoms with Crippen molar-refractivity contribution in [3.63, 3.8) is 0 Å². The van der Waals surface area contributed by atoms with Crippen molar-refractivity contribution in [3.05, 3.63) is 28.3 Å². The molecular formula is C24H39N3O3S. The Balaban J connectivity index is 1.70. The highest BCUT2D eigenvalue weighted by atomic mass is 32.2. The molecule has 1 aromatic rings. The minimum Gasteiger partial charge on any atom is -0.307 e.